The average molecular weight is 382 g/mol. The van der Waals surface area contributed by atoms with Gasteiger partial charge in [-0.2, -0.15) is 0 Å². The SMILES string of the molecule is CCCn1c(=O)c2[nH]c(C=Cc3ccc(OCC)cc3)nc2n(CCC)c1=O. The molecule has 28 heavy (non-hydrogen) atoms. The van der Waals surface area contributed by atoms with Gasteiger partial charge in [0.05, 0.1) is 6.61 Å². The van der Waals surface area contributed by atoms with E-state index in [1.54, 1.807) is 10.6 Å². The number of rotatable bonds is 8. The highest BCUT2D eigenvalue weighted by molar-refractivity contribution is 5.75. The second kappa shape index (κ2) is 8.73. The van der Waals surface area contributed by atoms with Crippen molar-refractivity contribution in [1.29, 1.82) is 0 Å². The smallest absolute Gasteiger partial charge is 0.332 e. The summed E-state index contributed by atoms with van der Waals surface area (Å²) in [6.07, 6.45) is 5.20. The molecule has 0 saturated carbocycles. The molecule has 0 aliphatic heterocycles. The quantitative estimate of drug-likeness (QED) is 0.648. The molecule has 0 aliphatic carbocycles. The lowest BCUT2D eigenvalue weighted by atomic mass is 10.2. The van der Waals surface area contributed by atoms with Gasteiger partial charge in [0.2, 0.25) is 0 Å². The number of hydrogen-bond donors (Lipinski definition) is 1. The molecule has 0 amide bonds. The predicted molar refractivity (Wildman–Crippen MR) is 112 cm³/mol. The van der Waals surface area contributed by atoms with Gasteiger partial charge in [-0.3, -0.25) is 13.9 Å². The Morgan fingerprint density at radius 2 is 1.68 bits per heavy atom. The van der Waals surface area contributed by atoms with Crippen molar-refractivity contribution in [2.45, 2.75) is 46.7 Å². The number of hydrogen-bond acceptors (Lipinski definition) is 4. The van der Waals surface area contributed by atoms with Crippen molar-refractivity contribution < 1.29 is 4.74 Å². The van der Waals surface area contributed by atoms with E-state index in [2.05, 4.69) is 9.97 Å². The zero-order valence-electron chi connectivity index (χ0n) is 16.6. The normalized spacial score (nSPS) is 11.5. The minimum Gasteiger partial charge on any atom is -0.494 e. The lowest BCUT2D eigenvalue weighted by Crippen LogP contribution is -2.40. The minimum absolute atomic E-state index is 0.297. The minimum atomic E-state index is -0.317. The molecule has 148 valence electrons. The fourth-order valence-corrected chi connectivity index (χ4v) is 3.13. The maximum absolute atomic E-state index is 12.7. The van der Waals surface area contributed by atoms with Gasteiger partial charge < -0.3 is 9.72 Å². The Kier molecular flexibility index (Phi) is 6.13. The molecule has 0 spiro atoms. The maximum Gasteiger partial charge on any atom is 0.332 e. The summed E-state index contributed by atoms with van der Waals surface area (Å²) >= 11 is 0. The second-order valence-electron chi connectivity index (χ2n) is 6.55. The van der Waals surface area contributed by atoms with E-state index < -0.39 is 0 Å². The van der Waals surface area contributed by atoms with Crippen molar-refractivity contribution in [3.63, 3.8) is 0 Å². The van der Waals surface area contributed by atoms with Crippen LogP contribution in [0.25, 0.3) is 23.3 Å². The molecule has 3 rings (SSSR count). The van der Waals surface area contributed by atoms with Crippen LogP contribution in [0.1, 0.15) is 45.0 Å². The van der Waals surface area contributed by atoms with Crippen molar-refractivity contribution in [1.82, 2.24) is 19.1 Å². The first kappa shape index (κ1) is 19.7. The van der Waals surface area contributed by atoms with E-state index in [0.29, 0.717) is 43.1 Å². The van der Waals surface area contributed by atoms with Gasteiger partial charge in [-0.05, 0) is 43.5 Å². The van der Waals surface area contributed by atoms with Crippen molar-refractivity contribution >= 4 is 23.3 Å². The fraction of sp³-hybridized carbons (Fsp3) is 0.381. The zero-order chi connectivity index (χ0) is 20.1. The van der Waals surface area contributed by atoms with Crippen LogP contribution < -0.4 is 16.0 Å². The van der Waals surface area contributed by atoms with Crippen LogP contribution >= 0.6 is 0 Å². The third kappa shape index (κ3) is 3.93. The number of aryl methyl sites for hydroxylation is 1. The lowest BCUT2D eigenvalue weighted by Gasteiger charge is -2.09. The average Bonchev–Trinajstić information content (AvgIpc) is 3.12. The van der Waals surface area contributed by atoms with Gasteiger partial charge in [0, 0.05) is 13.1 Å². The van der Waals surface area contributed by atoms with Gasteiger partial charge >= 0.3 is 5.69 Å². The highest BCUT2D eigenvalue weighted by atomic mass is 16.5. The molecule has 2 heterocycles. The molecule has 0 unspecified atom stereocenters. The predicted octanol–water partition coefficient (Wildman–Crippen LogP) is 3.28. The molecule has 0 saturated heterocycles. The van der Waals surface area contributed by atoms with Gasteiger partial charge in [0.15, 0.2) is 5.65 Å². The first-order chi connectivity index (χ1) is 13.6. The topological polar surface area (TPSA) is 81.9 Å². The Labute approximate surface area is 163 Å². The number of ether oxygens (including phenoxy) is 1. The molecule has 0 bridgehead atoms. The number of aromatic nitrogens is 4. The van der Waals surface area contributed by atoms with Crippen LogP contribution in [0.15, 0.2) is 33.9 Å². The number of benzene rings is 1. The number of nitrogens with one attached hydrogen (secondary N) is 1. The van der Waals surface area contributed by atoms with E-state index in [0.717, 1.165) is 17.7 Å². The van der Waals surface area contributed by atoms with Gasteiger partial charge in [-0.25, -0.2) is 9.78 Å². The molecule has 2 aromatic heterocycles. The van der Waals surface area contributed by atoms with Crippen LogP contribution in [0.4, 0.5) is 0 Å². The van der Waals surface area contributed by atoms with E-state index in [1.165, 1.54) is 4.57 Å². The standard InChI is InChI=1S/C21H26N4O3/c1-4-13-24-19-18(20(26)25(14-5-2)21(24)27)22-17(23-19)12-9-15-7-10-16(11-8-15)28-6-3/h7-12H,4-6,13-14H2,1-3H3,(H,22,23). The lowest BCUT2D eigenvalue weighted by molar-refractivity contribution is 0.340. The van der Waals surface area contributed by atoms with Crippen molar-refractivity contribution in [3.8, 4) is 5.75 Å². The first-order valence-corrected chi connectivity index (χ1v) is 9.73. The highest BCUT2D eigenvalue weighted by Crippen LogP contribution is 2.15. The van der Waals surface area contributed by atoms with Gasteiger partial charge in [-0.15, -0.1) is 0 Å². The summed E-state index contributed by atoms with van der Waals surface area (Å²) in [5.74, 6) is 1.36. The molecule has 7 heteroatoms. The molecular formula is C21H26N4O3. The van der Waals surface area contributed by atoms with Gasteiger partial charge in [0.25, 0.3) is 5.56 Å². The second-order valence-corrected chi connectivity index (χ2v) is 6.55. The molecule has 7 nitrogen and oxygen atoms in total. The zero-order valence-corrected chi connectivity index (χ0v) is 16.6. The Bertz CT molecular complexity index is 1090. The third-order valence-electron chi connectivity index (χ3n) is 4.40. The largest absolute Gasteiger partial charge is 0.494 e. The Morgan fingerprint density at radius 1 is 1.00 bits per heavy atom. The van der Waals surface area contributed by atoms with E-state index in [1.807, 2.05) is 51.1 Å². The fourth-order valence-electron chi connectivity index (χ4n) is 3.13. The monoisotopic (exact) mass is 382 g/mol. The molecule has 0 radical (unpaired) electrons. The highest BCUT2D eigenvalue weighted by Gasteiger charge is 2.15. The summed E-state index contributed by atoms with van der Waals surface area (Å²) in [6.45, 7) is 7.43. The third-order valence-corrected chi connectivity index (χ3v) is 4.40. The summed E-state index contributed by atoms with van der Waals surface area (Å²) in [7, 11) is 0. The first-order valence-electron chi connectivity index (χ1n) is 9.73. The van der Waals surface area contributed by atoms with E-state index in [-0.39, 0.29) is 11.2 Å². The number of nitrogens with zero attached hydrogens (tertiary/aromatic N) is 3. The number of fused-ring (bicyclic) bond motifs is 1. The summed E-state index contributed by atoms with van der Waals surface area (Å²) in [5, 5.41) is 0. The molecule has 0 aliphatic rings. The van der Waals surface area contributed by atoms with Crippen LogP contribution in [-0.4, -0.2) is 25.7 Å². The Morgan fingerprint density at radius 3 is 2.32 bits per heavy atom. The maximum atomic E-state index is 12.7. The van der Waals surface area contributed by atoms with E-state index in [4.69, 9.17) is 4.74 Å². The number of H-pyrrole nitrogens is 1. The van der Waals surface area contributed by atoms with Crippen molar-refractivity contribution in [2.24, 2.45) is 0 Å². The Balaban J connectivity index is 2.01. The molecule has 0 fully saturated rings. The Hall–Kier alpha value is -3.09. The number of imidazole rings is 1. The molecule has 1 aromatic carbocycles. The van der Waals surface area contributed by atoms with Crippen molar-refractivity contribution in [3.05, 3.63) is 56.5 Å². The van der Waals surface area contributed by atoms with E-state index in [9.17, 15) is 9.59 Å². The molecule has 3 aromatic rings. The van der Waals surface area contributed by atoms with Crippen LogP contribution in [0.5, 0.6) is 5.75 Å². The van der Waals surface area contributed by atoms with Crippen LogP contribution in [0, 0.1) is 0 Å². The molecular weight excluding hydrogens is 356 g/mol. The number of aromatic amines is 1. The van der Waals surface area contributed by atoms with Crippen molar-refractivity contribution in [2.75, 3.05) is 6.61 Å². The van der Waals surface area contributed by atoms with Crippen LogP contribution in [0.3, 0.4) is 0 Å². The van der Waals surface area contributed by atoms with Crippen LogP contribution in [-0.2, 0) is 13.1 Å². The molecule has 0 atom stereocenters. The summed E-state index contributed by atoms with van der Waals surface area (Å²) in [4.78, 5) is 33.0. The van der Waals surface area contributed by atoms with Crippen LogP contribution in [0.2, 0.25) is 0 Å². The molecule has 1 N–H and O–H groups in total. The van der Waals surface area contributed by atoms with Gasteiger partial charge in [-0.1, -0.05) is 32.1 Å². The summed E-state index contributed by atoms with van der Waals surface area (Å²) < 4.78 is 8.31. The van der Waals surface area contributed by atoms with E-state index >= 15 is 0 Å². The van der Waals surface area contributed by atoms with Gasteiger partial charge in [0.1, 0.15) is 17.1 Å². The summed E-state index contributed by atoms with van der Waals surface area (Å²) in [6, 6.07) is 7.71. The summed E-state index contributed by atoms with van der Waals surface area (Å²) in [5.41, 5.74) is 1.15.